The van der Waals surface area contributed by atoms with Crippen molar-refractivity contribution in [3.05, 3.63) is 39.1 Å². The first-order valence-corrected chi connectivity index (χ1v) is 5.03. The topological polar surface area (TPSA) is 33.6 Å². The van der Waals surface area contributed by atoms with E-state index in [0.717, 1.165) is 12.1 Å². The molecule has 2 rings (SSSR count). The van der Waals surface area contributed by atoms with Crippen molar-refractivity contribution >= 4 is 35.4 Å². The molecule has 0 saturated heterocycles. The highest BCUT2D eigenvalue weighted by Crippen LogP contribution is 2.29. The van der Waals surface area contributed by atoms with E-state index in [9.17, 15) is 4.39 Å². The second-order valence-electron chi connectivity index (χ2n) is 2.75. The largest absolute Gasteiger partial charge is 0.272 e. The number of benzene rings is 1. The Bertz CT molecular complexity index is 540. The molecular formula is C8H4Cl2FN3S. The zero-order chi connectivity index (χ0) is 11.0. The van der Waals surface area contributed by atoms with E-state index < -0.39 is 5.82 Å². The average Bonchev–Trinajstić information content (AvgIpc) is 2.50. The Morgan fingerprint density at radius 3 is 2.40 bits per heavy atom. The van der Waals surface area contributed by atoms with Crippen molar-refractivity contribution < 1.29 is 4.39 Å². The summed E-state index contributed by atoms with van der Waals surface area (Å²) < 4.78 is 14.7. The molecule has 0 unspecified atom stereocenters. The van der Waals surface area contributed by atoms with Gasteiger partial charge in [-0.2, -0.15) is 5.10 Å². The maximum Gasteiger partial charge on any atom is 0.199 e. The lowest BCUT2D eigenvalue weighted by Crippen LogP contribution is -1.95. The highest BCUT2D eigenvalue weighted by molar-refractivity contribution is 7.71. The number of aromatic nitrogens is 3. The summed E-state index contributed by atoms with van der Waals surface area (Å²) in [7, 11) is 0. The van der Waals surface area contributed by atoms with Crippen molar-refractivity contribution in [3.8, 4) is 5.69 Å². The van der Waals surface area contributed by atoms with E-state index in [1.165, 1.54) is 10.9 Å². The summed E-state index contributed by atoms with van der Waals surface area (Å²) in [4.78, 5) is 0. The lowest BCUT2D eigenvalue weighted by Gasteiger charge is -2.06. The molecule has 0 spiro atoms. The maximum atomic E-state index is 12.9. The van der Waals surface area contributed by atoms with Gasteiger partial charge in [-0.3, -0.25) is 9.67 Å². The second-order valence-corrected chi connectivity index (χ2v) is 3.95. The predicted octanol–water partition coefficient (Wildman–Crippen LogP) is 3.38. The molecule has 0 amide bonds. The van der Waals surface area contributed by atoms with Crippen molar-refractivity contribution in [2.75, 3.05) is 0 Å². The van der Waals surface area contributed by atoms with Gasteiger partial charge in [-0.05, 0) is 24.4 Å². The Hall–Kier alpha value is -0.910. The SMILES string of the molecule is Fc1cc(Cl)c(-n2cn[nH]c2=S)c(Cl)c1. The molecule has 78 valence electrons. The molecule has 1 heterocycles. The Labute approximate surface area is 99.4 Å². The van der Waals surface area contributed by atoms with Crippen LogP contribution in [0.15, 0.2) is 18.5 Å². The van der Waals surface area contributed by atoms with Crippen molar-refractivity contribution in [2.45, 2.75) is 0 Å². The summed E-state index contributed by atoms with van der Waals surface area (Å²) in [6.07, 6.45) is 1.42. The van der Waals surface area contributed by atoms with Gasteiger partial charge in [0.15, 0.2) is 4.77 Å². The Kier molecular flexibility index (Phi) is 2.77. The van der Waals surface area contributed by atoms with E-state index >= 15 is 0 Å². The second kappa shape index (κ2) is 3.92. The molecule has 0 bridgehead atoms. The van der Waals surface area contributed by atoms with E-state index in [0.29, 0.717) is 10.5 Å². The number of nitrogens with zero attached hydrogens (tertiary/aromatic N) is 2. The van der Waals surface area contributed by atoms with Gasteiger partial charge in [-0.25, -0.2) is 4.39 Å². The molecule has 3 nitrogen and oxygen atoms in total. The monoisotopic (exact) mass is 263 g/mol. The fraction of sp³-hybridized carbons (Fsp3) is 0. The quantitative estimate of drug-likeness (QED) is 0.801. The van der Waals surface area contributed by atoms with Crippen molar-refractivity contribution in [3.63, 3.8) is 0 Å². The summed E-state index contributed by atoms with van der Waals surface area (Å²) in [6, 6.07) is 2.33. The van der Waals surface area contributed by atoms with Crippen molar-refractivity contribution in [2.24, 2.45) is 0 Å². The standard InChI is InChI=1S/C8H4Cl2FN3S/c9-5-1-4(11)2-6(10)7(5)14-3-12-13-8(14)15/h1-3H,(H,13,15). The summed E-state index contributed by atoms with van der Waals surface area (Å²) in [5.41, 5.74) is 0.415. The highest BCUT2D eigenvalue weighted by Gasteiger charge is 2.11. The smallest absolute Gasteiger partial charge is 0.199 e. The minimum atomic E-state index is -0.497. The molecule has 0 aliphatic heterocycles. The molecule has 7 heteroatoms. The summed E-state index contributed by atoms with van der Waals surface area (Å²) >= 11 is 16.7. The fourth-order valence-corrected chi connectivity index (χ4v) is 2.01. The molecule has 1 aromatic heterocycles. The molecule has 0 aliphatic rings. The van der Waals surface area contributed by atoms with Gasteiger partial charge in [0.2, 0.25) is 0 Å². The zero-order valence-corrected chi connectivity index (χ0v) is 9.50. The molecule has 0 fully saturated rings. The number of hydrogen-bond acceptors (Lipinski definition) is 2. The Morgan fingerprint density at radius 1 is 1.33 bits per heavy atom. The number of hydrogen-bond donors (Lipinski definition) is 1. The number of H-pyrrole nitrogens is 1. The first-order valence-electron chi connectivity index (χ1n) is 3.86. The zero-order valence-electron chi connectivity index (χ0n) is 7.17. The van der Waals surface area contributed by atoms with Gasteiger partial charge in [-0.1, -0.05) is 23.2 Å². The van der Waals surface area contributed by atoms with Crippen molar-refractivity contribution in [1.29, 1.82) is 0 Å². The van der Waals surface area contributed by atoms with Crippen LogP contribution >= 0.6 is 35.4 Å². The van der Waals surface area contributed by atoms with Crippen LogP contribution in [-0.2, 0) is 0 Å². The molecule has 0 aliphatic carbocycles. The third-order valence-corrected chi connectivity index (χ3v) is 2.64. The normalized spacial score (nSPS) is 10.6. The van der Waals surface area contributed by atoms with Crippen LogP contribution in [0.4, 0.5) is 4.39 Å². The van der Waals surface area contributed by atoms with Crippen LogP contribution in [0.2, 0.25) is 10.0 Å². The van der Waals surface area contributed by atoms with Crippen LogP contribution in [0.5, 0.6) is 0 Å². The van der Waals surface area contributed by atoms with Crippen molar-refractivity contribution in [1.82, 2.24) is 14.8 Å². The van der Waals surface area contributed by atoms with E-state index in [1.54, 1.807) is 0 Å². The van der Waals surface area contributed by atoms with Crippen LogP contribution in [0.1, 0.15) is 0 Å². The summed E-state index contributed by atoms with van der Waals surface area (Å²) in [5.74, 6) is -0.497. The molecule has 0 saturated carbocycles. The minimum absolute atomic E-state index is 0.178. The van der Waals surface area contributed by atoms with Gasteiger partial charge in [0.25, 0.3) is 0 Å². The summed E-state index contributed by atoms with van der Waals surface area (Å²) in [6.45, 7) is 0. The van der Waals surface area contributed by atoms with E-state index in [-0.39, 0.29) is 10.0 Å². The third-order valence-electron chi connectivity index (χ3n) is 1.77. The molecule has 1 aromatic carbocycles. The lowest BCUT2D eigenvalue weighted by atomic mass is 10.3. The van der Waals surface area contributed by atoms with Gasteiger partial charge >= 0.3 is 0 Å². The first kappa shape index (κ1) is 10.6. The molecular weight excluding hydrogens is 260 g/mol. The average molecular weight is 264 g/mol. The number of aromatic amines is 1. The first-order chi connectivity index (χ1) is 7.09. The summed E-state index contributed by atoms with van der Waals surface area (Å²) in [5, 5.41) is 6.63. The predicted molar refractivity (Wildman–Crippen MR) is 58.7 cm³/mol. The van der Waals surface area contributed by atoms with E-state index in [1.807, 2.05) is 0 Å². The van der Waals surface area contributed by atoms with E-state index in [2.05, 4.69) is 10.2 Å². The van der Waals surface area contributed by atoms with Crippen LogP contribution in [0, 0.1) is 10.6 Å². The Morgan fingerprint density at radius 2 is 1.93 bits per heavy atom. The Balaban J connectivity index is 2.74. The van der Waals surface area contributed by atoms with Gasteiger partial charge in [0.1, 0.15) is 12.1 Å². The van der Waals surface area contributed by atoms with Gasteiger partial charge < -0.3 is 0 Å². The lowest BCUT2D eigenvalue weighted by molar-refractivity contribution is 0.627. The number of nitrogens with one attached hydrogen (secondary N) is 1. The molecule has 0 atom stereocenters. The number of halogens is 3. The van der Waals surface area contributed by atoms with Crippen LogP contribution in [0.3, 0.4) is 0 Å². The highest BCUT2D eigenvalue weighted by atomic mass is 35.5. The fourth-order valence-electron chi connectivity index (χ4n) is 1.17. The minimum Gasteiger partial charge on any atom is -0.272 e. The van der Waals surface area contributed by atoms with Gasteiger partial charge in [0.05, 0.1) is 15.7 Å². The maximum absolute atomic E-state index is 12.9. The third kappa shape index (κ3) is 1.90. The van der Waals surface area contributed by atoms with Gasteiger partial charge in [-0.15, -0.1) is 0 Å². The van der Waals surface area contributed by atoms with Crippen LogP contribution < -0.4 is 0 Å². The molecule has 15 heavy (non-hydrogen) atoms. The molecule has 1 N–H and O–H groups in total. The van der Waals surface area contributed by atoms with Crippen LogP contribution in [-0.4, -0.2) is 14.8 Å². The molecule has 0 radical (unpaired) electrons. The van der Waals surface area contributed by atoms with Gasteiger partial charge in [0, 0.05) is 0 Å². The number of rotatable bonds is 1. The van der Waals surface area contributed by atoms with E-state index in [4.69, 9.17) is 35.4 Å². The molecule has 2 aromatic rings. The van der Waals surface area contributed by atoms with Crippen LogP contribution in [0.25, 0.3) is 5.69 Å².